The fraction of sp³-hybridized carbons (Fsp3) is 0.0588. The predicted molar refractivity (Wildman–Crippen MR) is 101 cm³/mol. The Morgan fingerprint density at radius 3 is 2.41 bits per heavy atom. The molecular weight excluding hydrogens is 370 g/mol. The molecular formula is C17H13N5O4S. The van der Waals surface area contributed by atoms with E-state index in [2.05, 4.69) is 20.8 Å². The van der Waals surface area contributed by atoms with E-state index in [0.717, 1.165) is 11.3 Å². The van der Waals surface area contributed by atoms with Crippen LogP contribution in [-0.2, 0) is 4.79 Å². The molecule has 9 nitrogen and oxygen atoms in total. The second-order valence-corrected chi connectivity index (χ2v) is 6.37. The first-order valence-electron chi connectivity index (χ1n) is 7.70. The van der Waals surface area contributed by atoms with Crippen molar-refractivity contribution >= 4 is 39.7 Å². The summed E-state index contributed by atoms with van der Waals surface area (Å²) >= 11 is 1.13. The summed E-state index contributed by atoms with van der Waals surface area (Å²) in [6.07, 6.45) is 0. The van der Waals surface area contributed by atoms with Gasteiger partial charge >= 0.3 is 0 Å². The minimum Gasteiger partial charge on any atom is -0.326 e. The molecule has 136 valence electrons. The molecule has 10 heteroatoms. The number of amides is 2. The average Bonchev–Trinajstić information content (AvgIpc) is 3.10. The second kappa shape index (κ2) is 7.70. The zero-order valence-electron chi connectivity index (χ0n) is 14.0. The van der Waals surface area contributed by atoms with E-state index in [1.165, 1.54) is 19.1 Å². The Kier molecular flexibility index (Phi) is 5.18. The molecule has 0 saturated carbocycles. The molecule has 3 aromatic rings. The molecule has 2 N–H and O–H groups in total. The first kappa shape index (κ1) is 18.1. The number of carbonyl (C=O) groups is 2. The summed E-state index contributed by atoms with van der Waals surface area (Å²) in [5.74, 6) is -0.725. The molecule has 0 atom stereocenters. The Hall–Kier alpha value is -3.66. The Bertz CT molecular complexity index is 1020. The van der Waals surface area contributed by atoms with Gasteiger partial charge in [-0.2, -0.15) is 0 Å². The molecule has 0 saturated heterocycles. The fourth-order valence-corrected chi connectivity index (χ4v) is 3.00. The third-order valence-corrected chi connectivity index (χ3v) is 4.34. The highest BCUT2D eigenvalue weighted by Gasteiger charge is 2.15. The van der Waals surface area contributed by atoms with Gasteiger partial charge in [0.25, 0.3) is 11.6 Å². The molecule has 0 bridgehead atoms. The van der Waals surface area contributed by atoms with Gasteiger partial charge in [0.05, 0.1) is 16.2 Å². The van der Waals surface area contributed by atoms with Crippen LogP contribution in [0.4, 0.5) is 16.5 Å². The molecule has 2 aromatic carbocycles. The molecule has 1 heterocycles. The highest BCUT2D eigenvalue weighted by Crippen LogP contribution is 2.28. The maximum Gasteiger partial charge on any atom is 0.269 e. The van der Waals surface area contributed by atoms with Crippen LogP contribution in [0.2, 0.25) is 0 Å². The number of benzene rings is 2. The number of anilines is 2. The van der Waals surface area contributed by atoms with Crippen molar-refractivity contribution in [3.63, 3.8) is 0 Å². The van der Waals surface area contributed by atoms with Gasteiger partial charge in [-0.1, -0.05) is 23.5 Å². The Morgan fingerprint density at radius 2 is 1.74 bits per heavy atom. The highest BCUT2D eigenvalue weighted by molar-refractivity contribution is 7.18. The van der Waals surface area contributed by atoms with Crippen molar-refractivity contribution in [2.75, 3.05) is 10.6 Å². The Morgan fingerprint density at radius 1 is 1.04 bits per heavy atom. The van der Waals surface area contributed by atoms with Crippen LogP contribution in [0.1, 0.15) is 17.3 Å². The van der Waals surface area contributed by atoms with Crippen LogP contribution < -0.4 is 10.6 Å². The lowest BCUT2D eigenvalue weighted by Gasteiger charge is -2.08. The van der Waals surface area contributed by atoms with Gasteiger partial charge in [0.15, 0.2) is 0 Å². The zero-order valence-corrected chi connectivity index (χ0v) is 14.8. The van der Waals surface area contributed by atoms with Crippen molar-refractivity contribution in [2.45, 2.75) is 6.92 Å². The first-order valence-corrected chi connectivity index (χ1v) is 8.52. The van der Waals surface area contributed by atoms with E-state index in [-0.39, 0.29) is 16.7 Å². The van der Waals surface area contributed by atoms with Gasteiger partial charge in [-0.25, -0.2) is 0 Å². The molecule has 0 aliphatic carbocycles. The number of nitrogens with one attached hydrogen (secondary N) is 2. The third kappa shape index (κ3) is 4.30. The molecule has 0 unspecified atom stereocenters. The number of rotatable bonds is 5. The van der Waals surface area contributed by atoms with E-state index in [9.17, 15) is 19.7 Å². The monoisotopic (exact) mass is 383 g/mol. The largest absolute Gasteiger partial charge is 0.326 e. The third-order valence-electron chi connectivity index (χ3n) is 3.45. The van der Waals surface area contributed by atoms with E-state index >= 15 is 0 Å². The van der Waals surface area contributed by atoms with Crippen molar-refractivity contribution in [1.82, 2.24) is 10.2 Å². The quantitative estimate of drug-likeness (QED) is 0.514. The molecule has 1 aromatic heterocycles. The van der Waals surface area contributed by atoms with Crippen LogP contribution in [0.25, 0.3) is 10.6 Å². The van der Waals surface area contributed by atoms with Gasteiger partial charge in [-0.3, -0.25) is 25.0 Å². The molecule has 0 spiro atoms. The van der Waals surface area contributed by atoms with Crippen LogP contribution in [0.5, 0.6) is 0 Å². The standard InChI is InChI=1S/C17H13N5O4S/c1-10(23)18-14-5-3-2-4-13(14)15(24)19-17-21-20-16(27-17)11-6-8-12(9-7-11)22(25)26/h2-9H,1H3,(H,18,23)(H,19,21,24). The van der Waals surface area contributed by atoms with E-state index in [1.54, 1.807) is 36.4 Å². The predicted octanol–water partition coefficient (Wildman–Crippen LogP) is 3.32. The van der Waals surface area contributed by atoms with Crippen molar-refractivity contribution < 1.29 is 14.5 Å². The lowest BCUT2D eigenvalue weighted by molar-refractivity contribution is -0.384. The van der Waals surface area contributed by atoms with Crippen LogP contribution >= 0.6 is 11.3 Å². The minimum atomic E-state index is -0.484. The lowest BCUT2D eigenvalue weighted by atomic mass is 10.1. The number of hydrogen-bond donors (Lipinski definition) is 2. The summed E-state index contributed by atoms with van der Waals surface area (Å²) in [6.45, 7) is 1.36. The van der Waals surface area contributed by atoms with E-state index in [4.69, 9.17) is 0 Å². The second-order valence-electron chi connectivity index (χ2n) is 5.40. The number of hydrogen-bond acceptors (Lipinski definition) is 7. The number of nitrogens with zero attached hydrogens (tertiary/aromatic N) is 3. The summed E-state index contributed by atoms with van der Waals surface area (Å²) in [5, 5.41) is 24.6. The molecule has 27 heavy (non-hydrogen) atoms. The average molecular weight is 383 g/mol. The highest BCUT2D eigenvalue weighted by atomic mass is 32.1. The smallest absolute Gasteiger partial charge is 0.269 e. The SMILES string of the molecule is CC(=O)Nc1ccccc1C(=O)Nc1nnc(-c2ccc([N+](=O)[O-])cc2)s1. The number of non-ortho nitro benzene ring substituents is 1. The molecule has 0 radical (unpaired) electrons. The van der Waals surface area contributed by atoms with Gasteiger partial charge < -0.3 is 5.32 Å². The number of carbonyl (C=O) groups excluding carboxylic acids is 2. The topological polar surface area (TPSA) is 127 Å². The van der Waals surface area contributed by atoms with Crippen LogP contribution in [-0.4, -0.2) is 26.9 Å². The molecule has 3 rings (SSSR count). The summed E-state index contributed by atoms with van der Waals surface area (Å²) in [6, 6.07) is 12.5. The van der Waals surface area contributed by atoms with Gasteiger partial charge in [0.1, 0.15) is 5.01 Å². The molecule has 0 aliphatic heterocycles. The normalized spacial score (nSPS) is 10.3. The van der Waals surface area contributed by atoms with Gasteiger partial charge in [0.2, 0.25) is 11.0 Å². The van der Waals surface area contributed by atoms with Crippen LogP contribution in [0.3, 0.4) is 0 Å². The van der Waals surface area contributed by atoms with E-state index in [1.807, 2.05) is 0 Å². The number of aromatic nitrogens is 2. The van der Waals surface area contributed by atoms with Crippen molar-refractivity contribution in [1.29, 1.82) is 0 Å². The minimum absolute atomic E-state index is 0.0219. The molecule has 2 amide bonds. The van der Waals surface area contributed by atoms with Gasteiger partial charge in [0, 0.05) is 24.6 Å². The summed E-state index contributed by atoms with van der Waals surface area (Å²) < 4.78 is 0. The molecule has 0 aliphatic rings. The maximum atomic E-state index is 12.5. The fourth-order valence-electron chi connectivity index (χ4n) is 2.26. The van der Waals surface area contributed by atoms with Gasteiger partial charge in [-0.15, -0.1) is 10.2 Å². The van der Waals surface area contributed by atoms with Crippen molar-refractivity contribution in [3.8, 4) is 10.6 Å². The first-order chi connectivity index (χ1) is 12.9. The van der Waals surface area contributed by atoms with Crippen molar-refractivity contribution in [3.05, 3.63) is 64.2 Å². The number of nitro benzene ring substituents is 1. The number of nitro groups is 1. The van der Waals surface area contributed by atoms with Gasteiger partial charge in [-0.05, 0) is 24.3 Å². The maximum absolute atomic E-state index is 12.5. The summed E-state index contributed by atoms with van der Waals surface area (Å²) in [7, 11) is 0. The Labute approximate surface area is 157 Å². The number of para-hydroxylation sites is 1. The molecule has 0 fully saturated rings. The Balaban J connectivity index is 1.77. The summed E-state index contributed by atoms with van der Waals surface area (Å²) in [5.41, 5.74) is 1.31. The van der Waals surface area contributed by atoms with E-state index < -0.39 is 10.8 Å². The lowest BCUT2D eigenvalue weighted by Crippen LogP contribution is -2.16. The zero-order chi connectivity index (χ0) is 19.4. The van der Waals surface area contributed by atoms with Crippen LogP contribution in [0, 0.1) is 10.1 Å². The summed E-state index contributed by atoms with van der Waals surface area (Å²) in [4.78, 5) is 34.0. The van der Waals surface area contributed by atoms with E-state index in [0.29, 0.717) is 21.8 Å². The van der Waals surface area contributed by atoms with Crippen LogP contribution in [0.15, 0.2) is 48.5 Å². The van der Waals surface area contributed by atoms with Crippen molar-refractivity contribution in [2.24, 2.45) is 0 Å².